The maximum Gasteiger partial charge on any atom is 0.0891 e. The number of nitrogens with zero attached hydrogens (tertiary/aromatic N) is 1. The molecule has 0 bridgehead atoms. The molecule has 0 aliphatic carbocycles. The molecular weight excluding hydrogens is 218 g/mol. The van der Waals surface area contributed by atoms with Gasteiger partial charge in [0.25, 0.3) is 0 Å². The van der Waals surface area contributed by atoms with E-state index in [-0.39, 0.29) is 0 Å². The topological polar surface area (TPSA) is 12.9 Å². The van der Waals surface area contributed by atoms with Crippen molar-refractivity contribution >= 4 is 11.6 Å². The van der Waals surface area contributed by atoms with Gasteiger partial charge in [-0.1, -0.05) is 55.8 Å². The van der Waals surface area contributed by atoms with Crippen LogP contribution in [0.1, 0.15) is 25.5 Å². The van der Waals surface area contributed by atoms with Crippen LogP contribution in [0.15, 0.2) is 42.5 Å². The molecule has 16 heavy (non-hydrogen) atoms. The SMILES string of the molecule is CC(C)c1ccc(Cl)c(-c2ccccc2)n1. The molecule has 1 aromatic heterocycles. The number of pyridine rings is 1. The van der Waals surface area contributed by atoms with E-state index in [0.29, 0.717) is 10.9 Å². The van der Waals surface area contributed by atoms with Crippen LogP contribution in [0.3, 0.4) is 0 Å². The monoisotopic (exact) mass is 231 g/mol. The van der Waals surface area contributed by atoms with Gasteiger partial charge < -0.3 is 0 Å². The summed E-state index contributed by atoms with van der Waals surface area (Å²) >= 11 is 6.17. The fourth-order valence-corrected chi connectivity index (χ4v) is 1.79. The third-order valence-electron chi connectivity index (χ3n) is 2.51. The third-order valence-corrected chi connectivity index (χ3v) is 2.81. The molecule has 2 rings (SSSR count). The van der Waals surface area contributed by atoms with Crippen molar-refractivity contribution in [1.82, 2.24) is 4.98 Å². The summed E-state index contributed by atoms with van der Waals surface area (Å²) < 4.78 is 0. The second kappa shape index (κ2) is 4.67. The highest BCUT2D eigenvalue weighted by Gasteiger charge is 2.08. The minimum atomic E-state index is 0.416. The summed E-state index contributed by atoms with van der Waals surface area (Å²) in [5.74, 6) is 0.416. The van der Waals surface area contributed by atoms with Crippen LogP contribution in [0, 0.1) is 0 Å². The van der Waals surface area contributed by atoms with Gasteiger partial charge >= 0.3 is 0 Å². The number of hydrogen-bond donors (Lipinski definition) is 0. The first kappa shape index (κ1) is 11.2. The van der Waals surface area contributed by atoms with Crippen LogP contribution in [-0.4, -0.2) is 4.98 Å². The van der Waals surface area contributed by atoms with Crippen LogP contribution in [-0.2, 0) is 0 Å². The molecule has 0 N–H and O–H groups in total. The Bertz CT molecular complexity index is 477. The van der Waals surface area contributed by atoms with Gasteiger partial charge in [0, 0.05) is 11.3 Å². The number of hydrogen-bond acceptors (Lipinski definition) is 1. The second-order valence-electron chi connectivity index (χ2n) is 4.09. The second-order valence-corrected chi connectivity index (χ2v) is 4.49. The maximum absolute atomic E-state index is 6.17. The van der Waals surface area contributed by atoms with Gasteiger partial charge in [0.05, 0.1) is 10.7 Å². The molecule has 0 fully saturated rings. The normalized spacial score (nSPS) is 10.8. The highest BCUT2D eigenvalue weighted by molar-refractivity contribution is 6.33. The van der Waals surface area contributed by atoms with Crippen LogP contribution in [0.2, 0.25) is 5.02 Å². The molecule has 0 amide bonds. The van der Waals surface area contributed by atoms with Crippen molar-refractivity contribution in [1.29, 1.82) is 0 Å². The van der Waals surface area contributed by atoms with E-state index in [1.807, 2.05) is 42.5 Å². The van der Waals surface area contributed by atoms with Gasteiger partial charge in [-0.2, -0.15) is 0 Å². The zero-order valence-corrected chi connectivity index (χ0v) is 10.2. The summed E-state index contributed by atoms with van der Waals surface area (Å²) in [6.07, 6.45) is 0. The van der Waals surface area contributed by atoms with E-state index in [0.717, 1.165) is 17.0 Å². The maximum atomic E-state index is 6.17. The van der Waals surface area contributed by atoms with Crippen LogP contribution < -0.4 is 0 Å². The first-order valence-electron chi connectivity index (χ1n) is 5.40. The molecule has 82 valence electrons. The van der Waals surface area contributed by atoms with E-state index < -0.39 is 0 Å². The van der Waals surface area contributed by atoms with E-state index in [9.17, 15) is 0 Å². The standard InChI is InChI=1S/C14H14ClN/c1-10(2)13-9-8-12(15)14(16-13)11-6-4-3-5-7-11/h3-10H,1-2H3. The summed E-state index contributed by atoms with van der Waals surface area (Å²) in [4.78, 5) is 4.61. The van der Waals surface area contributed by atoms with Gasteiger partial charge in [0.1, 0.15) is 0 Å². The van der Waals surface area contributed by atoms with Crippen LogP contribution >= 0.6 is 11.6 Å². The van der Waals surface area contributed by atoms with Crippen molar-refractivity contribution < 1.29 is 0 Å². The molecule has 0 aliphatic rings. The number of rotatable bonds is 2. The molecule has 1 heterocycles. The highest BCUT2D eigenvalue weighted by atomic mass is 35.5. The van der Waals surface area contributed by atoms with Gasteiger partial charge in [-0.3, -0.25) is 4.98 Å². The Morgan fingerprint density at radius 2 is 1.69 bits per heavy atom. The van der Waals surface area contributed by atoms with E-state index in [2.05, 4.69) is 18.8 Å². The predicted octanol–water partition coefficient (Wildman–Crippen LogP) is 4.53. The first-order chi connectivity index (χ1) is 7.68. The lowest BCUT2D eigenvalue weighted by atomic mass is 10.1. The van der Waals surface area contributed by atoms with E-state index >= 15 is 0 Å². The highest BCUT2D eigenvalue weighted by Crippen LogP contribution is 2.27. The lowest BCUT2D eigenvalue weighted by Gasteiger charge is -2.09. The fourth-order valence-electron chi connectivity index (χ4n) is 1.58. The minimum Gasteiger partial charge on any atom is -0.251 e. The Labute approximate surface area is 101 Å². The van der Waals surface area contributed by atoms with Crippen molar-refractivity contribution in [3.63, 3.8) is 0 Å². The van der Waals surface area contributed by atoms with Crippen molar-refractivity contribution in [2.45, 2.75) is 19.8 Å². The molecule has 0 saturated carbocycles. The Morgan fingerprint density at radius 3 is 2.31 bits per heavy atom. The van der Waals surface area contributed by atoms with Gasteiger partial charge in [-0.25, -0.2) is 0 Å². The average Bonchev–Trinajstić information content (AvgIpc) is 2.30. The number of benzene rings is 1. The minimum absolute atomic E-state index is 0.416. The fraction of sp³-hybridized carbons (Fsp3) is 0.214. The molecule has 0 atom stereocenters. The summed E-state index contributed by atoms with van der Waals surface area (Å²) in [7, 11) is 0. The average molecular weight is 232 g/mol. The number of halogens is 1. The summed E-state index contributed by atoms with van der Waals surface area (Å²) in [6.45, 7) is 4.26. The van der Waals surface area contributed by atoms with Crippen molar-refractivity contribution in [3.8, 4) is 11.3 Å². The largest absolute Gasteiger partial charge is 0.251 e. The summed E-state index contributed by atoms with van der Waals surface area (Å²) in [5.41, 5.74) is 3.01. The molecule has 1 aromatic carbocycles. The van der Waals surface area contributed by atoms with Gasteiger partial charge in [0.15, 0.2) is 0 Å². The van der Waals surface area contributed by atoms with Crippen LogP contribution in [0.5, 0.6) is 0 Å². The van der Waals surface area contributed by atoms with Crippen LogP contribution in [0.25, 0.3) is 11.3 Å². The van der Waals surface area contributed by atoms with Crippen molar-refractivity contribution in [2.75, 3.05) is 0 Å². The molecule has 2 aromatic rings. The molecule has 0 spiro atoms. The smallest absolute Gasteiger partial charge is 0.0891 e. The van der Waals surface area contributed by atoms with Crippen LogP contribution in [0.4, 0.5) is 0 Å². The quantitative estimate of drug-likeness (QED) is 0.740. The van der Waals surface area contributed by atoms with Gasteiger partial charge in [-0.05, 0) is 18.1 Å². The predicted molar refractivity (Wildman–Crippen MR) is 68.8 cm³/mol. The lowest BCUT2D eigenvalue weighted by Crippen LogP contribution is -1.95. The zero-order valence-electron chi connectivity index (χ0n) is 9.44. The molecule has 0 radical (unpaired) electrons. The molecule has 2 heteroatoms. The van der Waals surface area contributed by atoms with E-state index in [1.165, 1.54) is 0 Å². The molecule has 0 saturated heterocycles. The molecule has 1 nitrogen and oxygen atoms in total. The Hall–Kier alpha value is -1.34. The Kier molecular flexibility index (Phi) is 3.25. The molecule has 0 unspecified atom stereocenters. The van der Waals surface area contributed by atoms with Gasteiger partial charge in [0.2, 0.25) is 0 Å². The Morgan fingerprint density at radius 1 is 1.00 bits per heavy atom. The van der Waals surface area contributed by atoms with E-state index in [4.69, 9.17) is 11.6 Å². The first-order valence-corrected chi connectivity index (χ1v) is 5.78. The van der Waals surface area contributed by atoms with Crippen molar-refractivity contribution in [3.05, 3.63) is 53.2 Å². The van der Waals surface area contributed by atoms with Crippen molar-refractivity contribution in [2.24, 2.45) is 0 Å². The third kappa shape index (κ3) is 2.25. The summed E-state index contributed by atoms with van der Waals surface area (Å²) in [6, 6.07) is 13.9. The lowest BCUT2D eigenvalue weighted by molar-refractivity contribution is 0.824. The van der Waals surface area contributed by atoms with Gasteiger partial charge in [-0.15, -0.1) is 0 Å². The zero-order chi connectivity index (χ0) is 11.5. The van der Waals surface area contributed by atoms with E-state index in [1.54, 1.807) is 0 Å². The molecular formula is C14H14ClN. The summed E-state index contributed by atoms with van der Waals surface area (Å²) in [5, 5.41) is 0.704. The molecule has 0 aliphatic heterocycles. The number of aromatic nitrogens is 1. The Balaban J connectivity index is 2.52.